The van der Waals surface area contributed by atoms with Crippen LogP contribution in [0.1, 0.15) is 83.9 Å². The Morgan fingerprint density at radius 2 is 1.58 bits per heavy atom. The topological polar surface area (TPSA) is 26.0 Å². The maximum absolute atomic E-state index is 5.41. The van der Waals surface area contributed by atoms with E-state index in [4.69, 9.17) is 4.42 Å². The molecule has 0 radical (unpaired) electrons. The molecule has 0 bridgehead atoms. The maximum Gasteiger partial charge on any atom is 0.194 e. The number of hydrogen-bond donors (Lipinski definition) is 0. The second kappa shape index (κ2) is 11.1. The van der Waals surface area contributed by atoms with Gasteiger partial charge < -0.3 is 4.42 Å². The van der Waals surface area contributed by atoms with Crippen LogP contribution in [-0.4, -0.2) is 4.98 Å². The first-order valence-corrected chi connectivity index (χ1v) is 8.25. The predicted octanol–water partition coefficient (Wildman–Crippen LogP) is 5.77. The maximum atomic E-state index is 5.41. The third kappa shape index (κ3) is 8.07. The van der Waals surface area contributed by atoms with Crippen LogP contribution in [0.3, 0.4) is 0 Å². The molecule has 1 heterocycles. The molecule has 0 saturated heterocycles. The zero-order valence-corrected chi connectivity index (χ0v) is 12.9. The molecule has 0 aliphatic carbocycles. The normalized spacial score (nSPS) is 11.3. The van der Waals surface area contributed by atoms with E-state index in [1.54, 1.807) is 12.5 Å². The molecule has 1 rings (SSSR count). The van der Waals surface area contributed by atoms with Crippen molar-refractivity contribution in [1.82, 2.24) is 4.98 Å². The summed E-state index contributed by atoms with van der Waals surface area (Å²) in [7, 11) is 0. The van der Waals surface area contributed by atoms with Crippen LogP contribution in [0.25, 0.3) is 0 Å². The Morgan fingerprint density at radius 3 is 2.05 bits per heavy atom. The summed E-state index contributed by atoms with van der Waals surface area (Å²) in [5.74, 6) is 1.70. The molecule has 0 N–H and O–H groups in total. The second-order valence-electron chi connectivity index (χ2n) is 5.69. The van der Waals surface area contributed by atoms with E-state index in [1.807, 2.05) is 0 Å². The molecular formula is C17H31NO. The van der Waals surface area contributed by atoms with E-state index in [-0.39, 0.29) is 0 Å². The minimum Gasteiger partial charge on any atom is -0.449 e. The van der Waals surface area contributed by atoms with Gasteiger partial charge in [-0.3, -0.25) is 0 Å². The number of rotatable bonds is 12. The van der Waals surface area contributed by atoms with Crippen LogP contribution >= 0.6 is 0 Å². The fourth-order valence-electron chi connectivity index (χ4n) is 2.67. The van der Waals surface area contributed by atoms with E-state index in [9.17, 15) is 0 Å². The Hall–Kier alpha value is -0.790. The molecule has 0 aliphatic heterocycles. The van der Waals surface area contributed by atoms with E-state index in [0.717, 1.165) is 18.2 Å². The van der Waals surface area contributed by atoms with Crippen molar-refractivity contribution in [2.75, 3.05) is 0 Å². The molecule has 0 aromatic carbocycles. The zero-order valence-electron chi connectivity index (χ0n) is 12.9. The molecule has 2 heteroatoms. The van der Waals surface area contributed by atoms with Crippen molar-refractivity contribution in [3.8, 4) is 0 Å². The lowest BCUT2D eigenvalue weighted by Gasteiger charge is -2.15. The summed E-state index contributed by atoms with van der Waals surface area (Å²) in [6.45, 7) is 4.55. The fourth-order valence-corrected chi connectivity index (χ4v) is 2.67. The zero-order chi connectivity index (χ0) is 13.8. The third-order valence-electron chi connectivity index (χ3n) is 3.88. The predicted molar refractivity (Wildman–Crippen MR) is 81.2 cm³/mol. The highest BCUT2D eigenvalue weighted by molar-refractivity contribution is 4.83. The minimum atomic E-state index is 0.771. The molecule has 0 saturated carbocycles. The Labute approximate surface area is 119 Å². The van der Waals surface area contributed by atoms with E-state index < -0.39 is 0 Å². The molecule has 1 aromatic heterocycles. The highest BCUT2D eigenvalue weighted by atomic mass is 16.3. The van der Waals surface area contributed by atoms with Gasteiger partial charge in [-0.2, -0.15) is 0 Å². The lowest BCUT2D eigenvalue weighted by atomic mass is 9.91. The van der Waals surface area contributed by atoms with E-state index in [2.05, 4.69) is 18.8 Å². The van der Waals surface area contributed by atoms with Gasteiger partial charge in [-0.05, 0) is 18.8 Å². The van der Waals surface area contributed by atoms with Crippen molar-refractivity contribution in [2.24, 2.45) is 5.92 Å². The van der Waals surface area contributed by atoms with Gasteiger partial charge in [-0.25, -0.2) is 4.98 Å². The summed E-state index contributed by atoms with van der Waals surface area (Å²) in [5, 5.41) is 0. The summed E-state index contributed by atoms with van der Waals surface area (Å²) in [5.41, 5.74) is 0. The lowest BCUT2D eigenvalue weighted by molar-refractivity contribution is 0.364. The van der Waals surface area contributed by atoms with Crippen molar-refractivity contribution >= 4 is 0 Å². The number of oxazole rings is 1. The van der Waals surface area contributed by atoms with Gasteiger partial charge in [0.25, 0.3) is 0 Å². The van der Waals surface area contributed by atoms with Crippen LogP contribution in [0.5, 0.6) is 0 Å². The molecule has 0 unspecified atom stereocenters. The summed E-state index contributed by atoms with van der Waals surface area (Å²) in [4.78, 5) is 4.28. The lowest BCUT2D eigenvalue weighted by Crippen LogP contribution is -2.05. The van der Waals surface area contributed by atoms with E-state index >= 15 is 0 Å². The van der Waals surface area contributed by atoms with Gasteiger partial charge in [0.05, 0.1) is 6.20 Å². The van der Waals surface area contributed by atoms with E-state index in [1.165, 1.54) is 64.2 Å². The largest absolute Gasteiger partial charge is 0.449 e. The van der Waals surface area contributed by atoms with Crippen molar-refractivity contribution in [3.63, 3.8) is 0 Å². The summed E-state index contributed by atoms with van der Waals surface area (Å²) in [6.07, 6.45) is 18.1. The molecule has 0 atom stereocenters. The number of hydrogen-bond acceptors (Lipinski definition) is 2. The average Bonchev–Trinajstić information content (AvgIpc) is 2.92. The number of nitrogens with zero attached hydrogens (tertiary/aromatic N) is 1. The van der Waals surface area contributed by atoms with Gasteiger partial charge in [0.15, 0.2) is 5.89 Å². The number of unbranched alkanes of at least 4 members (excludes halogenated alkanes) is 6. The van der Waals surface area contributed by atoms with Crippen molar-refractivity contribution < 1.29 is 4.42 Å². The number of aromatic nitrogens is 1. The molecular weight excluding hydrogens is 234 g/mol. The first-order valence-electron chi connectivity index (χ1n) is 8.25. The van der Waals surface area contributed by atoms with Crippen molar-refractivity contribution in [3.05, 3.63) is 18.4 Å². The van der Waals surface area contributed by atoms with Gasteiger partial charge in [-0.15, -0.1) is 0 Å². The fraction of sp³-hybridized carbons (Fsp3) is 0.824. The molecule has 0 spiro atoms. The van der Waals surface area contributed by atoms with Crippen LogP contribution in [0, 0.1) is 5.92 Å². The molecule has 2 nitrogen and oxygen atoms in total. The first kappa shape index (κ1) is 16.3. The SMILES string of the molecule is CCCCCCC(CCCCCC)Cc1ncco1. The third-order valence-corrected chi connectivity index (χ3v) is 3.88. The smallest absolute Gasteiger partial charge is 0.194 e. The van der Waals surface area contributed by atoms with Crippen molar-refractivity contribution in [2.45, 2.75) is 84.5 Å². The van der Waals surface area contributed by atoms with Gasteiger partial charge in [0.2, 0.25) is 0 Å². The van der Waals surface area contributed by atoms with Gasteiger partial charge in [0.1, 0.15) is 6.26 Å². The summed E-state index contributed by atoms with van der Waals surface area (Å²) < 4.78 is 5.41. The minimum absolute atomic E-state index is 0.771. The molecule has 1 aromatic rings. The van der Waals surface area contributed by atoms with Crippen LogP contribution in [0.4, 0.5) is 0 Å². The standard InChI is InChI=1S/C17H31NO/c1-3-5-7-9-11-16(12-10-8-6-4-2)15-17-18-13-14-19-17/h13-14,16H,3-12,15H2,1-2H3. The second-order valence-corrected chi connectivity index (χ2v) is 5.69. The quantitative estimate of drug-likeness (QED) is 0.448. The molecule has 0 aliphatic rings. The van der Waals surface area contributed by atoms with E-state index in [0.29, 0.717) is 0 Å². The summed E-state index contributed by atoms with van der Waals surface area (Å²) >= 11 is 0. The molecule has 0 fully saturated rings. The Morgan fingerprint density at radius 1 is 0.947 bits per heavy atom. The Bertz CT molecular complexity index is 269. The van der Waals surface area contributed by atoms with Crippen LogP contribution in [0.2, 0.25) is 0 Å². The average molecular weight is 265 g/mol. The van der Waals surface area contributed by atoms with Gasteiger partial charge >= 0.3 is 0 Å². The highest BCUT2D eigenvalue weighted by Crippen LogP contribution is 2.22. The van der Waals surface area contributed by atoms with Crippen molar-refractivity contribution in [1.29, 1.82) is 0 Å². The molecule has 19 heavy (non-hydrogen) atoms. The highest BCUT2D eigenvalue weighted by Gasteiger charge is 2.12. The molecule has 110 valence electrons. The summed E-state index contributed by atoms with van der Waals surface area (Å²) in [6, 6.07) is 0. The van der Waals surface area contributed by atoms with Gasteiger partial charge in [-0.1, -0.05) is 65.2 Å². The van der Waals surface area contributed by atoms with Crippen LogP contribution < -0.4 is 0 Å². The Balaban J connectivity index is 2.25. The monoisotopic (exact) mass is 265 g/mol. The first-order chi connectivity index (χ1) is 9.36. The van der Waals surface area contributed by atoms with Crippen LogP contribution in [0.15, 0.2) is 16.9 Å². The van der Waals surface area contributed by atoms with Gasteiger partial charge in [0, 0.05) is 6.42 Å². The Kier molecular flexibility index (Phi) is 9.48. The molecule has 0 amide bonds. The van der Waals surface area contributed by atoms with Crippen LogP contribution in [-0.2, 0) is 6.42 Å².